The largest absolute Gasteiger partial charge is 0.506 e. The molecule has 1 unspecified atom stereocenters. The van der Waals surface area contributed by atoms with E-state index in [4.69, 9.17) is 5.73 Å². The van der Waals surface area contributed by atoms with Gasteiger partial charge in [-0.2, -0.15) is 13.5 Å². The number of hydrogen-bond acceptors (Lipinski definition) is 6. The Balaban J connectivity index is 2.13. The molecule has 1 atom stereocenters. The zero-order valence-electron chi connectivity index (χ0n) is 12.4. The second kappa shape index (κ2) is 5.46. The van der Waals surface area contributed by atoms with Crippen molar-refractivity contribution in [3.05, 3.63) is 29.7 Å². The molecule has 128 valence electrons. The minimum atomic E-state index is -4.26. The van der Waals surface area contributed by atoms with Gasteiger partial charge >= 0.3 is 10.2 Å². The van der Waals surface area contributed by atoms with Crippen LogP contribution in [0.2, 0.25) is 0 Å². The van der Waals surface area contributed by atoms with Crippen LogP contribution in [0, 0.1) is 5.82 Å². The first-order chi connectivity index (χ1) is 11.2. The van der Waals surface area contributed by atoms with Crippen molar-refractivity contribution in [2.45, 2.75) is 13.0 Å². The van der Waals surface area contributed by atoms with Crippen LogP contribution >= 0.6 is 0 Å². The molecule has 1 amide bonds. The average Bonchev–Trinajstić information content (AvgIpc) is 3.04. The van der Waals surface area contributed by atoms with Crippen molar-refractivity contribution in [2.24, 2.45) is 5.73 Å². The third-order valence-corrected chi connectivity index (χ3v) is 4.91. The molecule has 9 nitrogen and oxygen atoms in total. The monoisotopic (exact) mass is 355 g/mol. The quantitative estimate of drug-likeness (QED) is 0.616. The van der Waals surface area contributed by atoms with Crippen LogP contribution in [0.5, 0.6) is 5.75 Å². The van der Waals surface area contributed by atoms with Crippen LogP contribution in [-0.4, -0.2) is 36.2 Å². The summed E-state index contributed by atoms with van der Waals surface area (Å²) in [5, 5.41) is 16.5. The van der Waals surface area contributed by atoms with E-state index in [1.165, 1.54) is 12.1 Å². The molecular formula is C13H14FN5O4S. The topological polar surface area (TPSA) is 141 Å². The molecule has 2 heterocycles. The highest BCUT2D eigenvalue weighted by Gasteiger charge is 2.38. The van der Waals surface area contributed by atoms with Gasteiger partial charge in [-0.25, -0.2) is 13.4 Å². The number of hydrogen-bond donors (Lipinski definition) is 4. The number of aromatic nitrogens is 2. The Kier molecular flexibility index (Phi) is 3.68. The third kappa shape index (κ3) is 2.57. The Morgan fingerprint density at radius 1 is 1.46 bits per heavy atom. The molecule has 0 spiro atoms. The molecule has 3 rings (SSSR count). The van der Waals surface area contributed by atoms with Crippen molar-refractivity contribution in [3.63, 3.8) is 0 Å². The van der Waals surface area contributed by atoms with Crippen LogP contribution in [0.25, 0.3) is 11.3 Å². The molecule has 1 aromatic carbocycles. The molecule has 0 aliphatic carbocycles. The molecule has 1 aromatic heterocycles. The summed E-state index contributed by atoms with van der Waals surface area (Å²) in [7, 11) is -4.26. The van der Waals surface area contributed by atoms with E-state index in [9.17, 15) is 22.7 Å². The fraction of sp³-hybridized carbons (Fsp3) is 0.231. The van der Waals surface area contributed by atoms with Gasteiger partial charge < -0.3 is 10.8 Å². The van der Waals surface area contributed by atoms with E-state index in [1.807, 2.05) is 0 Å². The smallest absolute Gasteiger partial charge is 0.326 e. The number of nitrogens with zero attached hydrogens (tertiary/aromatic N) is 2. The molecule has 0 radical (unpaired) electrons. The highest BCUT2D eigenvalue weighted by atomic mass is 32.2. The van der Waals surface area contributed by atoms with E-state index in [0.29, 0.717) is 10.00 Å². The number of halogens is 1. The maximum atomic E-state index is 14.9. The number of rotatable bonds is 3. The number of nitrogens with two attached hydrogens (primary N) is 1. The van der Waals surface area contributed by atoms with Crippen molar-refractivity contribution in [1.29, 1.82) is 0 Å². The zero-order valence-corrected chi connectivity index (χ0v) is 13.3. The van der Waals surface area contributed by atoms with Gasteiger partial charge in [0.25, 0.3) is 5.91 Å². The first-order valence-electron chi connectivity index (χ1n) is 6.86. The molecule has 1 aliphatic heterocycles. The van der Waals surface area contributed by atoms with Crippen molar-refractivity contribution in [3.8, 4) is 17.0 Å². The maximum Gasteiger partial charge on any atom is 0.326 e. The Labute approximate surface area is 136 Å². The Morgan fingerprint density at radius 2 is 2.17 bits per heavy atom. The predicted molar refractivity (Wildman–Crippen MR) is 82.7 cm³/mol. The number of H-pyrrole nitrogens is 1. The van der Waals surface area contributed by atoms with Gasteiger partial charge in [0.1, 0.15) is 18.0 Å². The number of aromatic amines is 1. The first kappa shape index (κ1) is 16.2. The number of phenols is 1. The second-order valence-electron chi connectivity index (χ2n) is 5.33. The van der Waals surface area contributed by atoms with Gasteiger partial charge in [0.15, 0.2) is 5.82 Å². The predicted octanol–water partition coefficient (Wildman–Crippen LogP) is 0.122. The fourth-order valence-corrected chi connectivity index (χ4v) is 3.51. The highest BCUT2D eigenvalue weighted by Crippen LogP contribution is 2.38. The SMILES string of the molecule is CC(N)c1cc(-c2ccc(O)c(N3CC(=O)NS3(=O)=O)c2F)n[nH]1. The van der Waals surface area contributed by atoms with Gasteiger partial charge in [-0.15, -0.1) is 0 Å². The average molecular weight is 355 g/mol. The summed E-state index contributed by atoms with van der Waals surface area (Å²) < 4.78 is 40.8. The normalized spacial score (nSPS) is 17.8. The van der Waals surface area contributed by atoms with E-state index in [0.717, 1.165) is 6.07 Å². The number of carbonyl (C=O) groups excluding carboxylic acids is 1. The van der Waals surface area contributed by atoms with Gasteiger partial charge in [0.05, 0.1) is 11.4 Å². The van der Waals surface area contributed by atoms with Crippen LogP contribution < -0.4 is 14.8 Å². The molecule has 5 N–H and O–H groups in total. The summed E-state index contributed by atoms with van der Waals surface area (Å²) in [6.07, 6.45) is 0. The van der Waals surface area contributed by atoms with Crippen molar-refractivity contribution < 1.29 is 22.7 Å². The molecule has 2 aromatic rings. The molecule has 24 heavy (non-hydrogen) atoms. The minimum Gasteiger partial charge on any atom is -0.506 e. The number of carbonyl (C=O) groups is 1. The highest BCUT2D eigenvalue weighted by molar-refractivity contribution is 7.92. The van der Waals surface area contributed by atoms with Gasteiger partial charge in [0.2, 0.25) is 0 Å². The van der Waals surface area contributed by atoms with Gasteiger partial charge in [-0.1, -0.05) is 0 Å². The van der Waals surface area contributed by atoms with Crippen LogP contribution in [0.1, 0.15) is 18.7 Å². The summed E-state index contributed by atoms with van der Waals surface area (Å²) in [6.45, 7) is 1.09. The van der Waals surface area contributed by atoms with Crippen LogP contribution in [0.15, 0.2) is 18.2 Å². The molecule has 0 bridgehead atoms. The lowest BCUT2D eigenvalue weighted by Crippen LogP contribution is -2.30. The van der Waals surface area contributed by atoms with Crippen molar-refractivity contribution in [1.82, 2.24) is 14.9 Å². The van der Waals surface area contributed by atoms with E-state index in [2.05, 4.69) is 10.2 Å². The van der Waals surface area contributed by atoms with E-state index < -0.39 is 39.9 Å². The summed E-state index contributed by atoms with van der Waals surface area (Å²) in [4.78, 5) is 11.3. The summed E-state index contributed by atoms with van der Waals surface area (Å²) in [5.74, 6) is -2.45. The zero-order chi connectivity index (χ0) is 17.6. The van der Waals surface area contributed by atoms with E-state index in [1.54, 1.807) is 11.6 Å². The lowest BCUT2D eigenvalue weighted by molar-refractivity contribution is -0.117. The maximum absolute atomic E-state index is 14.9. The van der Waals surface area contributed by atoms with Crippen molar-refractivity contribution >= 4 is 21.8 Å². The number of nitrogens with one attached hydrogen (secondary N) is 2. The standard InChI is InChI=1S/C13H14FN5O4S/c1-6(15)8-4-9(17-16-8)7-2-3-10(20)13(12(7)14)19-5-11(21)18-24(19,22)23/h2-4,6,20H,5,15H2,1H3,(H,16,17)(H,18,21). The first-order valence-corrected chi connectivity index (χ1v) is 8.30. The third-order valence-electron chi connectivity index (χ3n) is 3.53. The van der Waals surface area contributed by atoms with Gasteiger partial charge in [0, 0.05) is 11.6 Å². The number of aromatic hydroxyl groups is 1. The summed E-state index contributed by atoms with van der Waals surface area (Å²) in [6, 6.07) is 3.55. The number of phenolic OH excluding ortho intramolecular Hbond substituents is 1. The Hall–Kier alpha value is -2.66. The fourth-order valence-electron chi connectivity index (χ4n) is 2.34. The minimum absolute atomic E-state index is 0.0412. The molecule has 1 fully saturated rings. The molecule has 1 aliphatic rings. The van der Waals surface area contributed by atoms with Crippen LogP contribution in [0.3, 0.4) is 0 Å². The number of benzene rings is 1. The summed E-state index contributed by atoms with van der Waals surface area (Å²) >= 11 is 0. The molecule has 1 saturated heterocycles. The number of anilines is 1. The van der Waals surface area contributed by atoms with Gasteiger partial charge in [-0.05, 0) is 25.1 Å². The van der Waals surface area contributed by atoms with Crippen LogP contribution in [0.4, 0.5) is 10.1 Å². The van der Waals surface area contributed by atoms with Crippen LogP contribution in [-0.2, 0) is 15.0 Å². The Bertz CT molecular complexity index is 924. The number of amides is 1. The van der Waals surface area contributed by atoms with E-state index in [-0.39, 0.29) is 17.3 Å². The second-order valence-corrected chi connectivity index (χ2v) is 6.92. The lowest BCUT2D eigenvalue weighted by Gasteiger charge is -2.18. The lowest BCUT2D eigenvalue weighted by atomic mass is 10.1. The Morgan fingerprint density at radius 3 is 2.71 bits per heavy atom. The summed E-state index contributed by atoms with van der Waals surface area (Å²) in [5.41, 5.74) is 5.80. The van der Waals surface area contributed by atoms with E-state index >= 15 is 0 Å². The van der Waals surface area contributed by atoms with Gasteiger partial charge in [-0.3, -0.25) is 9.89 Å². The molecule has 0 saturated carbocycles. The molecule has 11 heteroatoms. The van der Waals surface area contributed by atoms with Crippen molar-refractivity contribution in [2.75, 3.05) is 10.8 Å². The molecular weight excluding hydrogens is 341 g/mol.